The van der Waals surface area contributed by atoms with Crippen molar-refractivity contribution in [1.82, 2.24) is 0 Å². The number of hydrogen-bond acceptors (Lipinski definition) is 2. The summed E-state index contributed by atoms with van der Waals surface area (Å²) >= 11 is 0. The molecule has 2 heteroatoms. The van der Waals surface area contributed by atoms with Crippen LogP contribution in [0.1, 0.15) is 65.2 Å². The summed E-state index contributed by atoms with van der Waals surface area (Å²) in [5, 5.41) is 0. The van der Waals surface area contributed by atoms with E-state index in [1.165, 1.54) is 32.1 Å². The minimum absolute atomic E-state index is 0.0920. The predicted molar refractivity (Wildman–Crippen MR) is 71.1 cm³/mol. The molecular formula is C15H28O2. The van der Waals surface area contributed by atoms with E-state index < -0.39 is 0 Å². The third kappa shape index (κ3) is 3.31. The first-order chi connectivity index (χ1) is 8.21. The van der Waals surface area contributed by atoms with Crippen molar-refractivity contribution in [2.24, 2.45) is 11.8 Å². The van der Waals surface area contributed by atoms with E-state index in [4.69, 9.17) is 4.74 Å². The van der Waals surface area contributed by atoms with Crippen molar-refractivity contribution in [3.63, 3.8) is 0 Å². The van der Waals surface area contributed by atoms with Crippen LogP contribution < -0.4 is 0 Å². The molecule has 0 aliphatic heterocycles. The molecule has 0 saturated heterocycles. The number of carbonyl (C=O) groups is 1. The van der Waals surface area contributed by atoms with Crippen molar-refractivity contribution in [3.05, 3.63) is 0 Å². The second-order valence-electron chi connectivity index (χ2n) is 5.54. The fourth-order valence-corrected chi connectivity index (χ4v) is 3.39. The van der Waals surface area contributed by atoms with E-state index in [1.807, 2.05) is 0 Å². The second kappa shape index (κ2) is 7.15. The number of methoxy groups -OCH3 is 1. The standard InChI is InChI=1S/C15H28O2/c1-4-5-6-10-14(12-16)15(17-3)11-8-7-9-13(15)2/h12-14H,4-11H2,1-3H3. The van der Waals surface area contributed by atoms with Crippen molar-refractivity contribution < 1.29 is 9.53 Å². The molecule has 17 heavy (non-hydrogen) atoms. The van der Waals surface area contributed by atoms with Gasteiger partial charge in [0.2, 0.25) is 0 Å². The number of unbranched alkanes of at least 4 members (excludes halogenated alkanes) is 2. The molecule has 1 aliphatic carbocycles. The summed E-state index contributed by atoms with van der Waals surface area (Å²) in [7, 11) is 1.79. The Labute approximate surface area is 106 Å². The molecule has 0 aromatic carbocycles. The first-order valence-electron chi connectivity index (χ1n) is 7.21. The fourth-order valence-electron chi connectivity index (χ4n) is 3.39. The minimum Gasteiger partial charge on any atom is -0.377 e. The van der Waals surface area contributed by atoms with Gasteiger partial charge in [-0.25, -0.2) is 0 Å². The Hall–Kier alpha value is -0.370. The highest BCUT2D eigenvalue weighted by atomic mass is 16.5. The number of aldehydes is 1. The van der Waals surface area contributed by atoms with Gasteiger partial charge in [-0.1, -0.05) is 46.0 Å². The van der Waals surface area contributed by atoms with Crippen LogP contribution >= 0.6 is 0 Å². The Bertz CT molecular complexity index is 227. The molecule has 0 radical (unpaired) electrons. The molecule has 1 rings (SSSR count). The molecule has 2 nitrogen and oxygen atoms in total. The maximum absolute atomic E-state index is 11.4. The Morgan fingerprint density at radius 2 is 2.18 bits per heavy atom. The van der Waals surface area contributed by atoms with Gasteiger partial charge in [0.25, 0.3) is 0 Å². The summed E-state index contributed by atoms with van der Waals surface area (Å²) < 4.78 is 5.84. The molecule has 0 spiro atoms. The van der Waals surface area contributed by atoms with Crippen LogP contribution in [0, 0.1) is 11.8 Å². The molecule has 0 amide bonds. The van der Waals surface area contributed by atoms with E-state index in [0.717, 1.165) is 25.5 Å². The van der Waals surface area contributed by atoms with Crippen molar-refractivity contribution in [3.8, 4) is 0 Å². The normalized spacial score (nSPS) is 31.1. The zero-order valence-electron chi connectivity index (χ0n) is 11.7. The third-order valence-corrected chi connectivity index (χ3v) is 4.58. The summed E-state index contributed by atoms with van der Waals surface area (Å²) in [6.45, 7) is 4.45. The lowest BCUT2D eigenvalue weighted by molar-refractivity contribution is -0.141. The SMILES string of the molecule is CCCCCC(C=O)C1(OC)CCCCC1C. The highest BCUT2D eigenvalue weighted by Crippen LogP contribution is 2.42. The van der Waals surface area contributed by atoms with Gasteiger partial charge in [0.05, 0.1) is 5.60 Å². The molecule has 3 unspecified atom stereocenters. The van der Waals surface area contributed by atoms with Gasteiger partial charge in [-0.05, 0) is 25.2 Å². The first kappa shape index (κ1) is 14.7. The largest absolute Gasteiger partial charge is 0.377 e. The molecular weight excluding hydrogens is 212 g/mol. The van der Waals surface area contributed by atoms with Crippen LogP contribution in [0.4, 0.5) is 0 Å². The van der Waals surface area contributed by atoms with E-state index in [0.29, 0.717) is 5.92 Å². The summed E-state index contributed by atoms with van der Waals surface area (Å²) in [6, 6.07) is 0. The summed E-state index contributed by atoms with van der Waals surface area (Å²) in [5.41, 5.74) is -0.173. The zero-order valence-corrected chi connectivity index (χ0v) is 11.7. The van der Waals surface area contributed by atoms with Gasteiger partial charge in [0, 0.05) is 13.0 Å². The van der Waals surface area contributed by atoms with Gasteiger partial charge < -0.3 is 9.53 Å². The van der Waals surface area contributed by atoms with E-state index >= 15 is 0 Å². The quantitative estimate of drug-likeness (QED) is 0.497. The predicted octanol–water partition coefficient (Wildman–Crippen LogP) is 3.98. The zero-order chi connectivity index (χ0) is 12.7. The molecule has 1 fully saturated rings. The fraction of sp³-hybridized carbons (Fsp3) is 0.933. The third-order valence-electron chi connectivity index (χ3n) is 4.58. The van der Waals surface area contributed by atoms with Gasteiger partial charge >= 0.3 is 0 Å². The van der Waals surface area contributed by atoms with Crippen molar-refractivity contribution in [2.75, 3.05) is 7.11 Å². The van der Waals surface area contributed by atoms with Crippen molar-refractivity contribution in [2.45, 2.75) is 70.8 Å². The minimum atomic E-state index is -0.173. The first-order valence-corrected chi connectivity index (χ1v) is 7.21. The van der Waals surface area contributed by atoms with Gasteiger partial charge in [0.1, 0.15) is 6.29 Å². The summed E-state index contributed by atoms with van der Waals surface area (Å²) in [6.07, 6.45) is 10.5. The van der Waals surface area contributed by atoms with Gasteiger partial charge in [-0.15, -0.1) is 0 Å². The summed E-state index contributed by atoms with van der Waals surface area (Å²) in [4.78, 5) is 11.4. The molecule has 0 aromatic rings. The average Bonchev–Trinajstić information content (AvgIpc) is 2.36. The Balaban J connectivity index is 2.69. The Morgan fingerprint density at radius 3 is 2.71 bits per heavy atom. The monoisotopic (exact) mass is 240 g/mol. The highest BCUT2D eigenvalue weighted by Gasteiger charge is 2.44. The van der Waals surface area contributed by atoms with Crippen molar-refractivity contribution in [1.29, 1.82) is 0 Å². The molecule has 1 aliphatic rings. The van der Waals surface area contributed by atoms with Gasteiger partial charge in [-0.2, -0.15) is 0 Å². The topological polar surface area (TPSA) is 26.3 Å². The number of carbonyl (C=O) groups excluding carboxylic acids is 1. The van der Waals surface area contributed by atoms with Crippen LogP contribution in [0.2, 0.25) is 0 Å². The lowest BCUT2D eigenvalue weighted by Crippen LogP contribution is -2.48. The van der Waals surface area contributed by atoms with Crippen LogP contribution in [-0.4, -0.2) is 19.0 Å². The van der Waals surface area contributed by atoms with Crippen LogP contribution in [-0.2, 0) is 9.53 Å². The number of hydrogen-bond donors (Lipinski definition) is 0. The molecule has 0 N–H and O–H groups in total. The van der Waals surface area contributed by atoms with Crippen LogP contribution in [0.25, 0.3) is 0 Å². The number of ether oxygens (including phenoxy) is 1. The molecule has 100 valence electrons. The van der Waals surface area contributed by atoms with E-state index in [1.54, 1.807) is 7.11 Å². The smallest absolute Gasteiger partial charge is 0.125 e. The van der Waals surface area contributed by atoms with E-state index in [9.17, 15) is 4.79 Å². The molecule has 1 saturated carbocycles. The Morgan fingerprint density at radius 1 is 1.41 bits per heavy atom. The maximum Gasteiger partial charge on any atom is 0.125 e. The Kier molecular flexibility index (Phi) is 6.18. The number of rotatable bonds is 7. The second-order valence-corrected chi connectivity index (χ2v) is 5.54. The van der Waals surface area contributed by atoms with Gasteiger partial charge in [0.15, 0.2) is 0 Å². The summed E-state index contributed by atoms with van der Waals surface area (Å²) in [5.74, 6) is 0.604. The molecule has 0 heterocycles. The van der Waals surface area contributed by atoms with Gasteiger partial charge in [-0.3, -0.25) is 0 Å². The molecule has 3 atom stereocenters. The molecule has 0 bridgehead atoms. The van der Waals surface area contributed by atoms with Crippen LogP contribution in [0.5, 0.6) is 0 Å². The lowest BCUT2D eigenvalue weighted by Gasteiger charge is -2.45. The van der Waals surface area contributed by atoms with Crippen LogP contribution in [0.3, 0.4) is 0 Å². The highest BCUT2D eigenvalue weighted by molar-refractivity contribution is 5.56. The lowest BCUT2D eigenvalue weighted by atomic mass is 9.68. The van der Waals surface area contributed by atoms with Crippen LogP contribution in [0.15, 0.2) is 0 Å². The van der Waals surface area contributed by atoms with E-state index in [-0.39, 0.29) is 11.5 Å². The average molecular weight is 240 g/mol. The maximum atomic E-state index is 11.4. The van der Waals surface area contributed by atoms with E-state index in [2.05, 4.69) is 13.8 Å². The molecule has 0 aromatic heterocycles. The van der Waals surface area contributed by atoms with Crippen molar-refractivity contribution >= 4 is 6.29 Å².